The maximum absolute atomic E-state index is 10.1. The average Bonchev–Trinajstić information content (AvgIpc) is 2.16. The lowest BCUT2D eigenvalue weighted by molar-refractivity contribution is 0.0915. The molecule has 0 aliphatic carbocycles. The van der Waals surface area contributed by atoms with Crippen molar-refractivity contribution in [1.82, 2.24) is 0 Å². The molecule has 2 unspecified atom stereocenters. The van der Waals surface area contributed by atoms with Crippen LogP contribution in [0.15, 0.2) is 28.7 Å². The van der Waals surface area contributed by atoms with Crippen LogP contribution in [0.3, 0.4) is 0 Å². The van der Waals surface area contributed by atoms with Crippen molar-refractivity contribution < 1.29 is 5.11 Å². The normalized spacial score (nSPS) is 15.6. The minimum absolute atomic E-state index is 0.272. The lowest BCUT2D eigenvalue weighted by Crippen LogP contribution is -2.15. The van der Waals surface area contributed by atoms with Crippen molar-refractivity contribution >= 4 is 15.9 Å². The van der Waals surface area contributed by atoms with Crippen molar-refractivity contribution in [3.05, 3.63) is 34.3 Å². The van der Waals surface area contributed by atoms with E-state index in [0.717, 1.165) is 10.0 Å². The average molecular weight is 257 g/mol. The molecule has 0 aliphatic heterocycles. The summed E-state index contributed by atoms with van der Waals surface area (Å²) in [6, 6.07) is 7.84. The van der Waals surface area contributed by atoms with Gasteiger partial charge in [0.25, 0.3) is 0 Å². The Morgan fingerprint density at radius 3 is 2.21 bits per heavy atom. The number of aliphatic hydroxyl groups is 1. The molecule has 0 bridgehead atoms. The van der Waals surface area contributed by atoms with E-state index >= 15 is 0 Å². The number of hydrogen-bond acceptors (Lipinski definition) is 1. The Kier molecular flexibility index (Phi) is 4.14. The van der Waals surface area contributed by atoms with Gasteiger partial charge in [-0.25, -0.2) is 0 Å². The minimum atomic E-state index is -0.384. The van der Waals surface area contributed by atoms with E-state index in [4.69, 9.17) is 0 Å². The van der Waals surface area contributed by atoms with E-state index in [1.54, 1.807) is 0 Å². The molecule has 78 valence electrons. The van der Waals surface area contributed by atoms with Crippen LogP contribution in [-0.2, 0) is 0 Å². The highest BCUT2D eigenvalue weighted by Gasteiger charge is 2.20. The molecule has 1 aromatic carbocycles. The topological polar surface area (TPSA) is 20.2 Å². The predicted molar refractivity (Wildman–Crippen MR) is 63.1 cm³/mol. The number of rotatable bonds is 3. The standard InChI is InChI=1S/C12H17BrO/c1-8(2)9(3)12(14)10-6-4-5-7-11(10)13/h4-9,12,14H,1-3H3. The van der Waals surface area contributed by atoms with Crippen LogP contribution in [0.1, 0.15) is 32.4 Å². The quantitative estimate of drug-likeness (QED) is 0.873. The second-order valence-electron chi connectivity index (χ2n) is 4.07. The first-order valence-corrected chi connectivity index (χ1v) is 5.75. The van der Waals surface area contributed by atoms with E-state index < -0.39 is 0 Å². The van der Waals surface area contributed by atoms with Gasteiger partial charge in [-0.15, -0.1) is 0 Å². The Morgan fingerprint density at radius 2 is 1.71 bits per heavy atom. The Morgan fingerprint density at radius 1 is 1.14 bits per heavy atom. The molecule has 2 heteroatoms. The highest BCUT2D eigenvalue weighted by Crippen LogP contribution is 2.31. The molecule has 0 radical (unpaired) electrons. The van der Waals surface area contributed by atoms with E-state index in [1.807, 2.05) is 24.3 Å². The first-order valence-electron chi connectivity index (χ1n) is 4.96. The summed E-state index contributed by atoms with van der Waals surface area (Å²) in [5.41, 5.74) is 0.980. The van der Waals surface area contributed by atoms with Gasteiger partial charge in [0.2, 0.25) is 0 Å². The third-order valence-corrected chi connectivity index (χ3v) is 3.50. The summed E-state index contributed by atoms with van der Waals surface area (Å²) >= 11 is 3.45. The summed E-state index contributed by atoms with van der Waals surface area (Å²) in [6.45, 7) is 6.34. The first kappa shape index (κ1) is 11.7. The Bertz CT molecular complexity index is 296. The molecule has 1 rings (SSSR count). The van der Waals surface area contributed by atoms with E-state index in [-0.39, 0.29) is 12.0 Å². The molecular formula is C12H17BrO. The molecule has 1 nitrogen and oxygen atoms in total. The van der Waals surface area contributed by atoms with Crippen LogP contribution in [0.4, 0.5) is 0 Å². The van der Waals surface area contributed by atoms with Gasteiger partial charge >= 0.3 is 0 Å². The smallest absolute Gasteiger partial charge is 0.0828 e. The number of hydrogen-bond donors (Lipinski definition) is 1. The lowest BCUT2D eigenvalue weighted by atomic mass is 9.88. The molecule has 0 saturated heterocycles. The number of benzene rings is 1. The van der Waals surface area contributed by atoms with Gasteiger partial charge in [0.05, 0.1) is 6.10 Å². The van der Waals surface area contributed by atoms with Gasteiger partial charge < -0.3 is 5.11 Å². The summed E-state index contributed by atoms with van der Waals surface area (Å²) in [4.78, 5) is 0. The lowest BCUT2D eigenvalue weighted by Gasteiger charge is -2.23. The van der Waals surface area contributed by atoms with Crippen molar-refractivity contribution in [2.24, 2.45) is 11.8 Å². The molecule has 0 spiro atoms. The molecule has 14 heavy (non-hydrogen) atoms. The van der Waals surface area contributed by atoms with E-state index in [9.17, 15) is 5.11 Å². The number of aliphatic hydroxyl groups excluding tert-OH is 1. The highest BCUT2D eigenvalue weighted by atomic mass is 79.9. The summed E-state index contributed by atoms with van der Waals surface area (Å²) in [7, 11) is 0. The van der Waals surface area contributed by atoms with Crippen molar-refractivity contribution in [3.8, 4) is 0 Å². The molecular weight excluding hydrogens is 240 g/mol. The summed E-state index contributed by atoms with van der Waals surface area (Å²) in [5.74, 6) is 0.755. The molecule has 0 saturated carbocycles. The molecule has 0 aliphatic rings. The van der Waals surface area contributed by atoms with Crippen LogP contribution >= 0.6 is 15.9 Å². The van der Waals surface area contributed by atoms with Crippen molar-refractivity contribution in [1.29, 1.82) is 0 Å². The van der Waals surface area contributed by atoms with Crippen molar-refractivity contribution in [3.63, 3.8) is 0 Å². The van der Waals surface area contributed by atoms with Crippen LogP contribution < -0.4 is 0 Å². The largest absolute Gasteiger partial charge is 0.388 e. The van der Waals surface area contributed by atoms with Gasteiger partial charge in [-0.3, -0.25) is 0 Å². The van der Waals surface area contributed by atoms with Gasteiger partial charge in [-0.1, -0.05) is 54.9 Å². The van der Waals surface area contributed by atoms with Crippen molar-refractivity contribution in [2.45, 2.75) is 26.9 Å². The SMILES string of the molecule is CC(C)C(C)C(O)c1ccccc1Br. The molecule has 2 atom stereocenters. The summed E-state index contributed by atoms with van der Waals surface area (Å²) in [5, 5.41) is 10.1. The van der Waals surface area contributed by atoms with Crippen LogP contribution in [-0.4, -0.2) is 5.11 Å². The molecule has 0 aromatic heterocycles. The van der Waals surface area contributed by atoms with E-state index in [0.29, 0.717) is 5.92 Å². The van der Waals surface area contributed by atoms with Gasteiger partial charge in [-0.05, 0) is 23.5 Å². The zero-order chi connectivity index (χ0) is 10.7. The van der Waals surface area contributed by atoms with Crippen LogP contribution in [0.25, 0.3) is 0 Å². The Labute approximate surface area is 94.3 Å². The third-order valence-electron chi connectivity index (χ3n) is 2.77. The Balaban J connectivity index is 2.89. The fourth-order valence-corrected chi connectivity index (χ4v) is 1.88. The maximum Gasteiger partial charge on any atom is 0.0828 e. The van der Waals surface area contributed by atoms with Gasteiger partial charge in [-0.2, -0.15) is 0 Å². The molecule has 0 amide bonds. The highest BCUT2D eigenvalue weighted by molar-refractivity contribution is 9.10. The molecule has 0 heterocycles. The summed E-state index contributed by atoms with van der Waals surface area (Å²) in [6.07, 6.45) is -0.384. The van der Waals surface area contributed by atoms with Crippen LogP contribution in [0, 0.1) is 11.8 Å². The van der Waals surface area contributed by atoms with Crippen LogP contribution in [0.5, 0.6) is 0 Å². The zero-order valence-electron chi connectivity index (χ0n) is 8.87. The van der Waals surface area contributed by atoms with Gasteiger partial charge in [0.1, 0.15) is 0 Å². The Hall–Kier alpha value is -0.340. The van der Waals surface area contributed by atoms with Gasteiger partial charge in [0.15, 0.2) is 0 Å². The minimum Gasteiger partial charge on any atom is -0.388 e. The third kappa shape index (κ3) is 2.58. The maximum atomic E-state index is 10.1. The fraction of sp³-hybridized carbons (Fsp3) is 0.500. The zero-order valence-corrected chi connectivity index (χ0v) is 10.5. The molecule has 0 fully saturated rings. The molecule has 1 N–H and O–H groups in total. The van der Waals surface area contributed by atoms with Crippen molar-refractivity contribution in [2.75, 3.05) is 0 Å². The van der Waals surface area contributed by atoms with Crippen LogP contribution in [0.2, 0.25) is 0 Å². The summed E-state index contributed by atoms with van der Waals surface area (Å²) < 4.78 is 0.986. The second kappa shape index (κ2) is 4.94. The molecule has 1 aromatic rings. The first-order chi connectivity index (χ1) is 6.54. The fourth-order valence-electron chi connectivity index (χ4n) is 1.36. The van der Waals surface area contributed by atoms with E-state index in [1.165, 1.54) is 0 Å². The number of halogens is 1. The van der Waals surface area contributed by atoms with E-state index in [2.05, 4.69) is 36.7 Å². The monoisotopic (exact) mass is 256 g/mol. The van der Waals surface area contributed by atoms with Gasteiger partial charge in [0, 0.05) is 4.47 Å². The second-order valence-corrected chi connectivity index (χ2v) is 4.92. The predicted octanol–water partition coefficient (Wildman–Crippen LogP) is 3.77.